The van der Waals surface area contributed by atoms with Gasteiger partial charge >= 0.3 is 0 Å². The Morgan fingerprint density at radius 3 is 2.70 bits per heavy atom. The van der Waals surface area contributed by atoms with E-state index in [0.29, 0.717) is 29.6 Å². The van der Waals surface area contributed by atoms with Crippen LogP contribution >= 0.6 is 11.6 Å². The summed E-state index contributed by atoms with van der Waals surface area (Å²) in [6, 6.07) is 4.16. The summed E-state index contributed by atoms with van der Waals surface area (Å²) >= 11 is 5.98. The Morgan fingerprint density at radius 1 is 1.30 bits per heavy atom. The van der Waals surface area contributed by atoms with Crippen LogP contribution in [0.25, 0.3) is 11.4 Å². The summed E-state index contributed by atoms with van der Waals surface area (Å²) in [5.41, 5.74) is 1.58. The fourth-order valence-electron chi connectivity index (χ4n) is 1.66. The van der Waals surface area contributed by atoms with Crippen LogP contribution in [-0.4, -0.2) is 30.2 Å². The van der Waals surface area contributed by atoms with E-state index in [-0.39, 0.29) is 5.82 Å². The molecule has 0 saturated carbocycles. The van der Waals surface area contributed by atoms with E-state index in [0.717, 1.165) is 12.1 Å². The maximum Gasteiger partial charge on any atom is 0.160 e. The molecule has 0 fully saturated rings. The third-order valence-corrected chi connectivity index (χ3v) is 3.00. The Labute approximate surface area is 122 Å². The summed E-state index contributed by atoms with van der Waals surface area (Å²) in [6.45, 7) is 2.09. The van der Waals surface area contributed by atoms with Gasteiger partial charge in [-0.3, -0.25) is 0 Å². The lowest BCUT2D eigenvalue weighted by atomic mass is 10.2. The Kier molecular flexibility index (Phi) is 5.40. The largest absolute Gasteiger partial charge is 0.383 e. The number of halogens is 2. The number of aromatic nitrogens is 2. The summed E-state index contributed by atoms with van der Waals surface area (Å²) in [5, 5.41) is 3.50. The van der Waals surface area contributed by atoms with E-state index in [1.165, 1.54) is 12.1 Å². The van der Waals surface area contributed by atoms with Crippen molar-refractivity contribution in [2.75, 3.05) is 20.3 Å². The predicted octanol–water partition coefficient (Wildman–Crippen LogP) is 2.67. The minimum Gasteiger partial charge on any atom is -0.383 e. The molecule has 0 aliphatic carbocycles. The highest BCUT2D eigenvalue weighted by Crippen LogP contribution is 2.25. The van der Waals surface area contributed by atoms with Crippen LogP contribution in [0.4, 0.5) is 4.39 Å². The molecule has 0 bridgehead atoms. The van der Waals surface area contributed by atoms with E-state index in [4.69, 9.17) is 16.3 Å². The molecule has 106 valence electrons. The number of ether oxygens (including phenoxy) is 1. The van der Waals surface area contributed by atoms with Crippen LogP contribution in [0.15, 0.2) is 30.6 Å². The lowest BCUT2D eigenvalue weighted by molar-refractivity contribution is 0.199. The molecule has 0 spiro atoms. The van der Waals surface area contributed by atoms with Crippen molar-refractivity contribution in [3.8, 4) is 11.4 Å². The molecule has 0 radical (unpaired) electrons. The van der Waals surface area contributed by atoms with Gasteiger partial charge in [0.15, 0.2) is 5.82 Å². The molecular weight excluding hydrogens is 281 g/mol. The zero-order valence-corrected chi connectivity index (χ0v) is 11.8. The van der Waals surface area contributed by atoms with Crippen molar-refractivity contribution in [1.29, 1.82) is 0 Å². The third-order valence-electron chi connectivity index (χ3n) is 2.69. The van der Waals surface area contributed by atoms with Crippen LogP contribution in [0.2, 0.25) is 5.02 Å². The Bertz CT molecular complexity index is 563. The summed E-state index contributed by atoms with van der Waals surface area (Å²) < 4.78 is 17.9. The van der Waals surface area contributed by atoms with E-state index in [1.807, 2.05) is 0 Å². The predicted molar refractivity (Wildman–Crippen MR) is 76.0 cm³/mol. The van der Waals surface area contributed by atoms with Crippen molar-refractivity contribution >= 4 is 11.6 Å². The van der Waals surface area contributed by atoms with Gasteiger partial charge in [0.2, 0.25) is 0 Å². The second-order valence-corrected chi connectivity index (χ2v) is 4.62. The van der Waals surface area contributed by atoms with Gasteiger partial charge < -0.3 is 10.1 Å². The van der Waals surface area contributed by atoms with Crippen molar-refractivity contribution in [3.05, 3.63) is 47.0 Å². The minimum atomic E-state index is -0.377. The average molecular weight is 296 g/mol. The Hall–Kier alpha value is -1.56. The van der Waals surface area contributed by atoms with Crippen LogP contribution < -0.4 is 5.32 Å². The molecule has 0 atom stereocenters. The number of nitrogens with one attached hydrogen (secondary N) is 1. The standard InChI is InChI=1S/C14H15ClFN3O/c1-20-5-4-17-7-10-8-18-14(19-9-10)12-3-2-11(16)6-13(12)15/h2-3,6,8-9,17H,4-5,7H2,1H3. The van der Waals surface area contributed by atoms with Crippen molar-refractivity contribution in [2.24, 2.45) is 0 Å². The molecule has 0 saturated heterocycles. The fraction of sp³-hybridized carbons (Fsp3) is 0.286. The van der Waals surface area contributed by atoms with E-state index in [1.54, 1.807) is 25.6 Å². The van der Waals surface area contributed by atoms with Crippen molar-refractivity contribution in [1.82, 2.24) is 15.3 Å². The van der Waals surface area contributed by atoms with Gasteiger partial charge in [-0.15, -0.1) is 0 Å². The Morgan fingerprint density at radius 2 is 2.05 bits per heavy atom. The van der Waals surface area contributed by atoms with Crippen LogP contribution in [0.5, 0.6) is 0 Å². The molecule has 0 aliphatic heterocycles. The number of nitrogens with zero attached hydrogens (tertiary/aromatic N) is 2. The van der Waals surface area contributed by atoms with Gasteiger partial charge in [-0.05, 0) is 18.2 Å². The lowest BCUT2D eigenvalue weighted by Gasteiger charge is -2.06. The summed E-state index contributed by atoms with van der Waals surface area (Å²) in [6.07, 6.45) is 3.45. The molecular formula is C14H15ClFN3O. The molecule has 1 aromatic heterocycles. The molecule has 0 aliphatic rings. The number of rotatable bonds is 6. The zero-order chi connectivity index (χ0) is 14.4. The van der Waals surface area contributed by atoms with Crippen LogP contribution in [-0.2, 0) is 11.3 Å². The number of benzene rings is 1. The van der Waals surface area contributed by atoms with E-state index < -0.39 is 0 Å². The molecule has 1 aromatic carbocycles. The molecule has 1 heterocycles. The van der Waals surface area contributed by atoms with Gasteiger partial charge in [-0.2, -0.15) is 0 Å². The van der Waals surface area contributed by atoms with E-state index in [2.05, 4.69) is 15.3 Å². The lowest BCUT2D eigenvalue weighted by Crippen LogP contribution is -2.18. The summed E-state index contributed by atoms with van der Waals surface area (Å²) in [7, 11) is 1.66. The number of methoxy groups -OCH3 is 1. The van der Waals surface area contributed by atoms with Crippen LogP contribution in [0.3, 0.4) is 0 Å². The first-order chi connectivity index (χ1) is 9.70. The number of hydrogen-bond acceptors (Lipinski definition) is 4. The second-order valence-electron chi connectivity index (χ2n) is 4.21. The summed E-state index contributed by atoms with van der Waals surface area (Å²) in [4.78, 5) is 8.50. The third kappa shape index (κ3) is 3.96. The molecule has 20 heavy (non-hydrogen) atoms. The Balaban J connectivity index is 2.04. The monoisotopic (exact) mass is 295 g/mol. The van der Waals surface area contributed by atoms with Crippen molar-refractivity contribution in [2.45, 2.75) is 6.54 Å². The minimum absolute atomic E-state index is 0.302. The molecule has 0 amide bonds. The van der Waals surface area contributed by atoms with E-state index >= 15 is 0 Å². The molecule has 2 aromatic rings. The summed E-state index contributed by atoms with van der Waals surface area (Å²) in [5.74, 6) is 0.105. The van der Waals surface area contributed by atoms with Gasteiger partial charge in [-0.25, -0.2) is 14.4 Å². The van der Waals surface area contributed by atoms with Gasteiger partial charge in [0.05, 0.1) is 11.6 Å². The molecule has 1 N–H and O–H groups in total. The maximum absolute atomic E-state index is 13.0. The first-order valence-electron chi connectivity index (χ1n) is 6.16. The fourth-order valence-corrected chi connectivity index (χ4v) is 1.91. The quantitative estimate of drug-likeness (QED) is 0.832. The SMILES string of the molecule is COCCNCc1cnc(-c2ccc(F)cc2Cl)nc1. The van der Waals surface area contributed by atoms with Crippen molar-refractivity contribution in [3.63, 3.8) is 0 Å². The van der Waals surface area contributed by atoms with Crippen LogP contribution in [0, 0.1) is 5.82 Å². The highest BCUT2D eigenvalue weighted by Gasteiger charge is 2.07. The van der Waals surface area contributed by atoms with Crippen molar-refractivity contribution < 1.29 is 9.13 Å². The average Bonchev–Trinajstić information content (AvgIpc) is 2.45. The van der Waals surface area contributed by atoms with Gasteiger partial charge in [0, 0.05) is 43.7 Å². The molecule has 6 heteroatoms. The molecule has 2 rings (SSSR count). The van der Waals surface area contributed by atoms with Gasteiger partial charge in [0.1, 0.15) is 5.82 Å². The van der Waals surface area contributed by atoms with E-state index in [9.17, 15) is 4.39 Å². The first kappa shape index (κ1) is 14.8. The normalized spacial score (nSPS) is 10.8. The maximum atomic E-state index is 13.0. The number of hydrogen-bond donors (Lipinski definition) is 1. The van der Waals surface area contributed by atoms with Gasteiger partial charge in [0.25, 0.3) is 0 Å². The highest BCUT2D eigenvalue weighted by atomic mass is 35.5. The first-order valence-corrected chi connectivity index (χ1v) is 6.54. The van der Waals surface area contributed by atoms with Gasteiger partial charge in [-0.1, -0.05) is 11.6 Å². The van der Waals surface area contributed by atoms with Crippen LogP contribution in [0.1, 0.15) is 5.56 Å². The zero-order valence-electron chi connectivity index (χ0n) is 11.1. The smallest absolute Gasteiger partial charge is 0.160 e. The molecule has 0 unspecified atom stereocenters. The molecule has 4 nitrogen and oxygen atoms in total. The topological polar surface area (TPSA) is 47.0 Å². The second kappa shape index (κ2) is 7.28. The highest BCUT2D eigenvalue weighted by molar-refractivity contribution is 6.33.